The summed E-state index contributed by atoms with van der Waals surface area (Å²) in [6, 6.07) is 5.71. The van der Waals surface area contributed by atoms with Crippen molar-refractivity contribution in [3.05, 3.63) is 34.8 Å². The average molecular weight is 457 g/mol. The standard InChI is InChI=1S/C22H24N4O3S2/c1-2-7-23-31(28,29)18-5-3-17(4-6-18)19(27)24-21-26-25-20(30-21)22-11-14-8-15(12-22)10-16(9-14)13-22/h1,3-6,14-16,23H,7-13H2,(H,24,26,27). The summed E-state index contributed by atoms with van der Waals surface area (Å²) >= 11 is 1.48. The molecule has 4 saturated carbocycles. The van der Waals surface area contributed by atoms with Crippen LogP contribution in [0.5, 0.6) is 0 Å². The van der Waals surface area contributed by atoms with Crippen molar-refractivity contribution in [3.8, 4) is 12.3 Å². The van der Waals surface area contributed by atoms with E-state index in [0.29, 0.717) is 10.7 Å². The number of hydrogen-bond donors (Lipinski definition) is 2. The highest BCUT2D eigenvalue weighted by Gasteiger charge is 2.53. The molecular formula is C22H24N4O3S2. The Morgan fingerprint density at radius 3 is 2.29 bits per heavy atom. The van der Waals surface area contributed by atoms with E-state index in [1.54, 1.807) is 0 Å². The Balaban J connectivity index is 1.28. The summed E-state index contributed by atoms with van der Waals surface area (Å²) < 4.78 is 26.5. The fourth-order valence-electron chi connectivity index (χ4n) is 6.04. The summed E-state index contributed by atoms with van der Waals surface area (Å²) in [6.07, 6.45) is 12.8. The van der Waals surface area contributed by atoms with E-state index < -0.39 is 10.0 Å². The van der Waals surface area contributed by atoms with Gasteiger partial charge in [-0.15, -0.1) is 16.6 Å². The van der Waals surface area contributed by atoms with E-state index in [-0.39, 0.29) is 22.8 Å². The van der Waals surface area contributed by atoms with Crippen molar-refractivity contribution in [2.45, 2.75) is 48.8 Å². The van der Waals surface area contributed by atoms with Crippen molar-refractivity contribution >= 4 is 32.4 Å². The number of aromatic nitrogens is 2. The molecule has 6 rings (SSSR count). The van der Waals surface area contributed by atoms with Crippen LogP contribution in [0.1, 0.15) is 53.9 Å². The summed E-state index contributed by atoms with van der Waals surface area (Å²) in [5.74, 6) is 4.34. The molecule has 0 atom stereocenters. The number of amides is 1. The summed E-state index contributed by atoms with van der Waals surface area (Å²) in [5.41, 5.74) is 0.499. The van der Waals surface area contributed by atoms with E-state index in [0.717, 1.165) is 22.8 Å². The molecule has 7 nitrogen and oxygen atoms in total. The van der Waals surface area contributed by atoms with E-state index >= 15 is 0 Å². The van der Waals surface area contributed by atoms with E-state index in [1.807, 2.05) is 0 Å². The summed E-state index contributed by atoms with van der Waals surface area (Å²) in [4.78, 5) is 12.7. The van der Waals surface area contributed by atoms with Crippen LogP contribution in [0, 0.1) is 30.1 Å². The van der Waals surface area contributed by atoms with Gasteiger partial charge in [0.15, 0.2) is 0 Å². The number of carbonyl (C=O) groups is 1. The zero-order valence-corrected chi connectivity index (χ0v) is 18.6. The monoisotopic (exact) mass is 456 g/mol. The Morgan fingerprint density at radius 1 is 1.10 bits per heavy atom. The Morgan fingerprint density at radius 2 is 1.71 bits per heavy atom. The van der Waals surface area contributed by atoms with Gasteiger partial charge in [0.25, 0.3) is 5.91 Å². The van der Waals surface area contributed by atoms with E-state index in [4.69, 9.17) is 6.42 Å². The zero-order valence-electron chi connectivity index (χ0n) is 17.0. The Labute approximate surface area is 186 Å². The van der Waals surface area contributed by atoms with Gasteiger partial charge in [-0.1, -0.05) is 17.3 Å². The molecule has 2 aromatic rings. The number of nitrogens with zero attached hydrogens (tertiary/aromatic N) is 2. The van der Waals surface area contributed by atoms with Crippen molar-refractivity contribution in [1.82, 2.24) is 14.9 Å². The lowest BCUT2D eigenvalue weighted by Crippen LogP contribution is -2.48. The molecule has 31 heavy (non-hydrogen) atoms. The van der Waals surface area contributed by atoms with Crippen molar-refractivity contribution in [2.24, 2.45) is 17.8 Å². The highest BCUT2D eigenvalue weighted by Crippen LogP contribution is 2.61. The van der Waals surface area contributed by atoms with Gasteiger partial charge in [0.1, 0.15) is 5.01 Å². The second-order valence-electron chi connectivity index (χ2n) is 9.12. The lowest BCUT2D eigenvalue weighted by atomic mass is 9.50. The first kappa shape index (κ1) is 20.6. The van der Waals surface area contributed by atoms with Crippen molar-refractivity contribution in [2.75, 3.05) is 11.9 Å². The van der Waals surface area contributed by atoms with Gasteiger partial charge in [-0.3, -0.25) is 10.1 Å². The van der Waals surface area contributed by atoms with E-state index in [9.17, 15) is 13.2 Å². The molecule has 1 amide bonds. The maximum atomic E-state index is 12.6. The largest absolute Gasteiger partial charge is 0.296 e. The first-order chi connectivity index (χ1) is 14.9. The van der Waals surface area contributed by atoms with Gasteiger partial charge in [0, 0.05) is 11.0 Å². The first-order valence-corrected chi connectivity index (χ1v) is 12.9. The summed E-state index contributed by atoms with van der Waals surface area (Å²) in [7, 11) is -3.69. The highest BCUT2D eigenvalue weighted by atomic mass is 32.2. The van der Waals surface area contributed by atoms with Gasteiger partial charge in [0.05, 0.1) is 11.4 Å². The first-order valence-electron chi connectivity index (χ1n) is 10.6. The van der Waals surface area contributed by atoms with Crippen LogP contribution in [0.2, 0.25) is 0 Å². The van der Waals surface area contributed by atoms with Gasteiger partial charge >= 0.3 is 0 Å². The molecule has 162 valence electrons. The summed E-state index contributed by atoms with van der Waals surface area (Å²) in [5, 5.41) is 13.1. The third kappa shape index (κ3) is 3.88. The average Bonchev–Trinajstić information content (AvgIpc) is 3.21. The molecule has 0 unspecified atom stereocenters. The minimum atomic E-state index is -3.69. The molecule has 4 bridgehead atoms. The smallest absolute Gasteiger partial charge is 0.257 e. The molecule has 0 spiro atoms. The molecule has 0 radical (unpaired) electrons. The molecule has 2 N–H and O–H groups in total. The summed E-state index contributed by atoms with van der Waals surface area (Å²) in [6.45, 7) is -0.0896. The van der Waals surface area contributed by atoms with Crippen LogP contribution in [0.4, 0.5) is 5.13 Å². The minimum absolute atomic E-state index is 0.0549. The second-order valence-corrected chi connectivity index (χ2v) is 11.9. The fourth-order valence-corrected chi connectivity index (χ4v) is 7.93. The van der Waals surface area contributed by atoms with Crippen LogP contribution in [-0.2, 0) is 15.4 Å². The molecule has 4 aliphatic carbocycles. The number of benzene rings is 1. The van der Waals surface area contributed by atoms with E-state index in [1.165, 1.54) is 74.1 Å². The zero-order chi connectivity index (χ0) is 21.6. The van der Waals surface area contributed by atoms with Crippen LogP contribution in [0.25, 0.3) is 0 Å². The molecule has 1 heterocycles. The fraction of sp³-hybridized carbons (Fsp3) is 0.500. The van der Waals surface area contributed by atoms with Crippen LogP contribution in [-0.4, -0.2) is 31.1 Å². The number of nitrogens with one attached hydrogen (secondary N) is 2. The quantitative estimate of drug-likeness (QED) is 0.650. The molecule has 0 aliphatic heterocycles. The third-order valence-electron chi connectivity index (χ3n) is 6.93. The van der Waals surface area contributed by atoms with Gasteiger partial charge in [-0.25, -0.2) is 8.42 Å². The maximum absolute atomic E-state index is 12.6. The number of anilines is 1. The predicted molar refractivity (Wildman–Crippen MR) is 118 cm³/mol. The molecule has 1 aromatic carbocycles. The highest BCUT2D eigenvalue weighted by molar-refractivity contribution is 7.89. The van der Waals surface area contributed by atoms with Crippen LogP contribution < -0.4 is 10.0 Å². The maximum Gasteiger partial charge on any atom is 0.257 e. The SMILES string of the molecule is C#CCNS(=O)(=O)c1ccc(C(=O)Nc2nnc(C34CC5CC(CC(C5)C3)C4)s2)cc1. The number of terminal acetylenes is 1. The van der Waals surface area contributed by atoms with Crippen molar-refractivity contribution in [3.63, 3.8) is 0 Å². The predicted octanol–water partition coefficient (Wildman–Crippen LogP) is 3.17. The molecule has 4 fully saturated rings. The second kappa shape index (κ2) is 7.69. The lowest BCUT2D eigenvalue weighted by molar-refractivity contribution is -0.00555. The Bertz CT molecular complexity index is 1110. The Hall–Kier alpha value is -2.28. The molecule has 4 aliphatic rings. The molecular weight excluding hydrogens is 432 g/mol. The number of carbonyl (C=O) groups excluding carboxylic acids is 1. The lowest BCUT2D eigenvalue weighted by Gasteiger charge is -2.55. The third-order valence-corrected chi connectivity index (χ3v) is 9.43. The van der Waals surface area contributed by atoms with Gasteiger partial charge in [-0.2, -0.15) is 4.72 Å². The van der Waals surface area contributed by atoms with Crippen LogP contribution >= 0.6 is 11.3 Å². The molecule has 0 saturated heterocycles. The van der Waals surface area contributed by atoms with Gasteiger partial charge in [0.2, 0.25) is 15.2 Å². The van der Waals surface area contributed by atoms with Gasteiger partial charge in [-0.05, 0) is 80.5 Å². The van der Waals surface area contributed by atoms with E-state index in [2.05, 4.69) is 26.2 Å². The minimum Gasteiger partial charge on any atom is -0.296 e. The van der Waals surface area contributed by atoms with Crippen molar-refractivity contribution < 1.29 is 13.2 Å². The van der Waals surface area contributed by atoms with Crippen LogP contribution in [0.15, 0.2) is 29.2 Å². The number of hydrogen-bond acceptors (Lipinski definition) is 6. The number of rotatable bonds is 6. The van der Waals surface area contributed by atoms with Gasteiger partial charge < -0.3 is 0 Å². The number of sulfonamides is 1. The Kier molecular flexibility index (Phi) is 5.12. The molecule has 1 aromatic heterocycles. The topological polar surface area (TPSA) is 101 Å². The molecule has 9 heteroatoms. The van der Waals surface area contributed by atoms with Crippen LogP contribution in [0.3, 0.4) is 0 Å². The normalized spacial score (nSPS) is 28.9. The van der Waals surface area contributed by atoms with Crippen molar-refractivity contribution in [1.29, 1.82) is 0 Å².